The molecular formula is C8H17N3O2S3. The number of hydrogen-bond donors (Lipinski definition) is 2. The van der Waals surface area contributed by atoms with Crippen LogP contribution in [0.1, 0.15) is 12.8 Å². The van der Waals surface area contributed by atoms with E-state index in [9.17, 15) is 8.42 Å². The van der Waals surface area contributed by atoms with Gasteiger partial charge in [0.25, 0.3) is 10.2 Å². The molecule has 0 atom stereocenters. The van der Waals surface area contributed by atoms with E-state index in [0.717, 1.165) is 0 Å². The van der Waals surface area contributed by atoms with E-state index in [2.05, 4.69) is 4.72 Å². The molecule has 94 valence electrons. The summed E-state index contributed by atoms with van der Waals surface area (Å²) in [5, 5.41) is 0. The smallest absolute Gasteiger partial charge is 0.279 e. The summed E-state index contributed by atoms with van der Waals surface area (Å²) in [5.74, 6) is 0. The minimum absolute atomic E-state index is 0.241. The maximum absolute atomic E-state index is 11.6. The van der Waals surface area contributed by atoms with Gasteiger partial charge in [-0.3, -0.25) is 0 Å². The highest BCUT2D eigenvalue weighted by molar-refractivity contribution is 8.02. The second-order valence-electron chi connectivity index (χ2n) is 3.67. The van der Waals surface area contributed by atoms with Crippen LogP contribution < -0.4 is 10.5 Å². The van der Waals surface area contributed by atoms with Crippen molar-refractivity contribution < 1.29 is 8.42 Å². The predicted octanol–water partition coefficient (Wildman–Crippen LogP) is -0.0657. The van der Waals surface area contributed by atoms with E-state index in [4.69, 9.17) is 18.0 Å². The molecule has 0 spiro atoms. The second kappa shape index (κ2) is 5.18. The van der Waals surface area contributed by atoms with Gasteiger partial charge in [-0.2, -0.15) is 24.5 Å². The monoisotopic (exact) mass is 283 g/mol. The van der Waals surface area contributed by atoms with E-state index in [1.165, 1.54) is 11.4 Å². The molecule has 8 heteroatoms. The van der Waals surface area contributed by atoms with Crippen LogP contribution in [0.25, 0.3) is 0 Å². The topological polar surface area (TPSA) is 75.4 Å². The molecule has 0 aliphatic carbocycles. The summed E-state index contributed by atoms with van der Waals surface area (Å²) in [4.78, 5) is 0.474. The van der Waals surface area contributed by atoms with E-state index < -0.39 is 10.2 Å². The van der Waals surface area contributed by atoms with Crippen molar-refractivity contribution >= 4 is 39.2 Å². The second-order valence-corrected chi connectivity index (χ2v) is 7.18. The highest BCUT2D eigenvalue weighted by Gasteiger charge is 2.39. The third-order valence-corrected chi connectivity index (χ3v) is 6.46. The first kappa shape index (κ1) is 14.2. The van der Waals surface area contributed by atoms with Gasteiger partial charge in [0, 0.05) is 20.1 Å². The van der Waals surface area contributed by atoms with Gasteiger partial charge in [-0.1, -0.05) is 12.2 Å². The van der Waals surface area contributed by atoms with Crippen LogP contribution in [-0.2, 0) is 10.2 Å². The number of nitrogens with zero attached hydrogens (tertiary/aromatic N) is 1. The largest absolute Gasteiger partial charge is 0.392 e. The quantitative estimate of drug-likeness (QED) is 0.707. The van der Waals surface area contributed by atoms with Crippen LogP contribution in [0.3, 0.4) is 0 Å². The van der Waals surface area contributed by atoms with Gasteiger partial charge < -0.3 is 5.73 Å². The lowest BCUT2D eigenvalue weighted by Gasteiger charge is -2.39. The standard InChI is InChI=1S/C8H17N3O2S3/c1-10-16(12,13)11-5-3-8(15-2,4-6-11)7(9)14/h10H,3-6H2,1-2H3,(H2,9,14). The lowest BCUT2D eigenvalue weighted by atomic mass is 9.97. The molecule has 0 aromatic heterocycles. The molecule has 1 aliphatic rings. The Kier molecular flexibility index (Phi) is 4.58. The van der Waals surface area contributed by atoms with Gasteiger partial charge in [-0.15, -0.1) is 0 Å². The Bertz CT molecular complexity index is 361. The number of nitrogens with one attached hydrogen (secondary N) is 1. The molecule has 3 N–H and O–H groups in total. The first-order valence-corrected chi connectivity index (χ1v) is 7.99. The van der Waals surface area contributed by atoms with E-state index in [-0.39, 0.29) is 4.75 Å². The van der Waals surface area contributed by atoms with Gasteiger partial charge in [-0.05, 0) is 19.1 Å². The van der Waals surface area contributed by atoms with Crippen molar-refractivity contribution in [1.82, 2.24) is 9.03 Å². The Labute approximate surface area is 106 Å². The van der Waals surface area contributed by atoms with Gasteiger partial charge in [0.05, 0.1) is 9.74 Å². The third-order valence-electron chi connectivity index (χ3n) is 2.97. The van der Waals surface area contributed by atoms with Crippen LogP contribution >= 0.6 is 24.0 Å². The van der Waals surface area contributed by atoms with Gasteiger partial charge in [0.2, 0.25) is 0 Å². The van der Waals surface area contributed by atoms with E-state index in [1.54, 1.807) is 11.8 Å². The van der Waals surface area contributed by atoms with Crippen molar-refractivity contribution in [3.63, 3.8) is 0 Å². The molecule has 0 radical (unpaired) electrons. The van der Waals surface area contributed by atoms with Crippen LogP contribution in [0.15, 0.2) is 0 Å². The zero-order valence-electron chi connectivity index (χ0n) is 9.39. The normalized spacial score (nSPS) is 21.9. The Morgan fingerprint density at radius 1 is 1.50 bits per heavy atom. The van der Waals surface area contributed by atoms with Crippen LogP contribution in [0.4, 0.5) is 0 Å². The SMILES string of the molecule is CNS(=O)(=O)N1CCC(SC)(C(N)=S)CC1. The fraction of sp³-hybridized carbons (Fsp3) is 0.875. The molecule has 1 fully saturated rings. The van der Waals surface area contributed by atoms with Crippen molar-refractivity contribution in [2.24, 2.45) is 5.73 Å². The first-order valence-electron chi connectivity index (χ1n) is 4.91. The summed E-state index contributed by atoms with van der Waals surface area (Å²) < 4.78 is 26.6. The van der Waals surface area contributed by atoms with Crippen molar-refractivity contribution in [1.29, 1.82) is 0 Å². The van der Waals surface area contributed by atoms with Gasteiger partial charge >= 0.3 is 0 Å². The molecule has 16 heavy (non-hydrogen) atoms. The molecule has 1 heterocycles. The molecule has 1 rings (SSSR count). The number of hydrogen-bond acceptors (Lipinski definition) is 4. The van der Waals surface area contributed by atoms with Crippen molar-refractivity contribution in [3.8, 4) is 0 Å². The maximum Gasteiger partial charge on any atom is 0.279 e. The van der Waals surface area contributed by atoms with Gasteiger partial charge in [-0.25, -0.2) is 4.72 Å². The van der Waals surface area contributed by atoms with Crippen LogP contribution in [0, 0.1) is 0 Å². The van der Waals surface area contributed by atoms with E-state index in [1.807, 2.05) is 6.26 Å². The Morgan fingerprint density at radius 3 is 2.31 bits per heavy atom. The molecule has 0 bridgehead atoms. The van der Waals surface area contributed by atoms with E-state index >= 15 is 0 Å². The maximum atomic E-state index is 11.6. The number of rotatable bonds is 4. The first-order chi connectivity index (χ1) is 7.38. The Hall–Kier alpha value is 0.110. The predicted molar refractivity (Wildman–Crippen MR) is 71.8 cm³/mol. The highest BCUT2D eigenvalue weighted by atomic mass is 32.2. The minimum atomic E-state index is -3.32. The molecule has 0 amide bonds. The van der Waals surface area contributed by atoms with Gasteiger partial charge in [0.1, 0.15) is 0 Å². The average molecular weight is 283 g/mol. The lowest BCUT2D eigenvalue weighted by molar-refractivity contribution is 0.330. The molecule has 0 saturated carbocycles. The lowest BCUT2D eigenvalue weighted by Crippen LogP contribution is -2.52. The minimum Gasteiger partial charge on any atom is -0.392 e. The molecule has 1 aliphatic heterocycles. The summed E-state index contributed by atoms with van der Waals surface area (Å²) in [7, 11) is -1.90. The van der Waals surface area contributed by atoms with Crippen molar-refractivity contribution in [2.45, 2.75) is 17.6 Å². The van der Waals surface area contributed by atoms with Crippen LogP contribution in [0.5, 0.6) is 0 Å². The fourth-order valence-corrected chi connectivity index (χ4v) is 3.94. The molecule has 5 nitrogen and oxygen atoms in total. The van der Waals surface area contributed by atoms with Gasteiger partial charge in [0.15, 0.2) is 0 Å². The zero-order chi connectivity index (χ0) is 12.4. The number of nitrogens with two attached hydrogens (primary N) is 1. The number of piperidine rings is 1. The van der Waals surface area contributed by atoms with E-state index in [0.29, 0.717) is 30.9 Å². The van der Waals surface area contributed by atoms with Crippen molar-refractivity contribution in [2.75, 3.05) is 26.4 Å². The fourth-order valence-electron chi connectivity index (χ4n) is 1.77. The average Bonchev–Trinajstić information content (AvgIpc) is 2.28. The molecule has 0 aromatic rings. The van der Waals surface area contributed by atoms with Crippen LogP contribution in [-0.4, -0.2) is 48.9 Å². The molecule has 0 unspecified atom stereocenters. The molecule has 1 saturated heterocycles. The summed E-state index contributed by atoms with van der Waals surface area (Å²) in [5.41, 5.74) is 5.73. The van der Waals surface area contributed by atoms with Crippen LogP contribution in [0.2, 0.25) is 0 Å². The highest BCUT2D eigenvalue weighted by Crippen LogP contribution is 2.35. The number of thioether (sulfide) groups is 1. The Morgan fingerprint density at radius 2 is 2.00 bits per heavy atom. The number of thiocarbonyl (C=S) groups is 1. The van der Waals surface area contributed by atoms with Crippen molar-refractivity contribution in [3.05, 3.63) is 0 Å². The third kappa shape index (κ3) is 2.67. The summed E-state index contributed by atoms with van der Waals surface area (Å²) >= 11 is 6.67. The summed E-state index contributed by atoms with van der Waals surface area (Å²) in [6.07, 6.45) is 3.30. The summed E-state index contributed by atoms with van der Waals surface area (Å²) in [6, 6.07) is 0. The molecule has 0 aromatic carbocycles. The zero-order valence-corrected chi connectivity index (χ0v) is 11.8. The Balaban J connectivity index is 2.74. The molecular weight excluding hydrogens is 266 g/mol. The summed E-state index contributed by atoms with van der Waals surface area (Å²) in [6.45, 7) is 0.919.